The lowest BCUT2D eigenvalue weighted by Gasteiger charge is -2.11. The fourth-order valence-electron chi connectivity index (χ4n) is 3.36. The molecule has 1 N–H and O–H groups in total. The van der Waals surface area contributed by atoms with E-state index in [4.69, 9.17) is 11.6 Å². The number of amides is 3. The van der Waals surface area contributed by atoms with E-state index in [0.29, 0.717) is 10.7 Å². The molecule has 0 atom stereocenters. The molecule has 0 unspecified atom stereocenters. The van der Waals surface area contributed by atoms with Gasteiger partial charge in [-0.05, 0) is 61.9 Å². The summed E-state index contributed by atoms with van der Waals surface area (Å²) < 4.78 is 2.05. The number of hydrogen-bond acceptors (Lipinski definition) is 3. The number of aryl methyl sites for hydroxylation is 1. The van der Waals surface area contributed by atoms with Gasteiger partial charge in [0.25, 0.3) is 5.91 Å². The normalized spacial score (nSPS) is 15.4. The van der Waals surface area contributed by atoms with Crippen LogP contribution in [-0.2, 0) is 4.79 Å². The molecule has 3 heterocycles. The summed E-state index contributed by atoms with van der Waals surface area (Å²) in [5.41, 5.74) is 4.38. The summed E-state index contributed by atoms with van der Waals surface area (Å²) in [6.07, 6.45) is 5.19. The minimum Gasteiger partial charge on any atom is -0.316 e. The predicted octanol–water partition coefficient (Wildman–Crippen LogP) is 4.24. The number of nitrogens with zero attached hydrogens (tertiary/aromatic N) is 3. The van der Waals surface area contributed by atoms with E-state index in [1.807, 2.05) is 32.0 Å². The molecule has 4 rings (SSSR count). The first-order valence-electron chi connectivity index (χ1n) is 8.68. The Morgan fingerprint density at radius 2 is 1.86 bits per heavy atom. The highest BCUT2D eigenvalue weighted by Gasteiger charge is 2.35. The quantitative estimate of drug-likeness (QED) is 0.535. The van der Waals surface area contributed by atoms with E-state index >= 15 is 0 Å². The van der Waals surface area contributed by atoms with Crippen molar-refractivity contribution in [2.75, 3.05) is 4.90 Å². The summed E-state index contributed by atoms with van der Waals surface area (Å²) in [6, 6.07) is 11.9. The molecular weight excluding hydrogens is 376 g/mol. The van der Waals surface area contributed by atoms with Crippen LogP contribution in [0.1, 0.15) is 17.0 Å². The molecule has 7 heteroatoms. The van der Waals surface area contributed by atoms with E-state index < -0.39 is 11.9 Å². The van der Waals surface area contributed by atoms with E-state index in [1.165, 1.54) is 0 Å². The SMILES string of the molecule is Cc1cc(/C=C2/NC(=O)N(c3cccc(Cl)c3)C2=O)c(C)n1-c1cccnc1. The summed E-state index contributed by atoms with van der Waals surface area (Å²) in [7, 11) is 0. The second-order valence-electron chi connectivity index (χ2n) is 6.48. The number of carbonyl (C=O) groups excluding carboxylic acids is 2. The van der Waals surface area contributed by atoms with E-state index in [9.17, 15) is 9.59 Å². The Morgan fingerprint density at radius 3 is 2.57 bits per heavy atom. The zero-order chi connectivity index (χ0) is 19.8. The van der Waals surface area contributed by atoms with Gasteiger partial charge in [-0.2, -0.15) is 0 Å². The molecule has 1 aliphatic rings. The maximum absolute atomic E-state index is 12.8. The van der Waals surface area contributed by atoms with Crippen molar-refractivity contribution in [3.63, 3.8) is 0 Å². The number of pyridine rings is 1. The minimum absolute atomic E-state index is 0.219. The van der Waals surface area contributed by atoms with Crippen LogP contribution in [0.25, 0.3) is 11.8 Å². The summed E-state index contributed by atoms with van der Waals surface area (Å²) >= 11 is 5.99. The number of anilines is 1. The molecule has 1 fully saturated rings. The standard InChI is InChI=1S/C21H17ClN4O2/c1-13-9-15(14(2)25(13)18-7-4-8-23-12-18)10-19-20(27)26(21(28)24-19)17-6-3-5-16(22)11-17/h3-12H,1-2H3,(H,24,28)/b19-10+. The molecule has 6 nitrogen and oxygen atoms in total. The Bertz CT molecular complexity index is 1120. The van der Waals surface area contributed by atoms with Gasteiger partial charge in [-0.25, -0.2) is 9.69 Å². The molecule has 1 aromatic carbocycles. The maximum Gasteiger partial charge on any atom is 0.333 e. The highest BCUT2D eigenvalue weighted by atomic mass is 35.5. The van der Waals surface area contributed by atoms with Crippen molar-refractivity contribution in [3.05, 3.63) is 82.5 Å². The number of benzene rings is 1. The molecule has 0 bridgehead atoms. The molecule has 3 amide bonds. The highest BCUT2D eigenvalue weighted by Crippen LogP contribution is 2.27. The minimum atomic E-state index is -0.500. The van der Waals surface area contributed by atoms with Gasteiger partial charge >= 0.3 is 6.03 Å². The average Bonchev–Trinajstić information content (AvgIpc) is 3.11. The molecule has 140 valence electrons. The summed E-state index contributed by atoms with van der Waals surface area (Å²) in [5, 5.41) is 3.10. The Balaban J connectivity index is 1.71. The van der Waals surface area contributed by atoms with E-state index in [2.05, 4.69) is 14.9 Å². The molecule has 0 saturated carbocycles. The topological polar surface area (TPSA) is 67.2 Å². The number of rotatable bonds is 3. The van der Waals surface area contributed by atoms with Crippen LogP contribution in [0.3, 0.4) is 0 Å². The number of urea groups is 1. The van der Waals surface area contributed by atoms with Crippen LogP contribution in [0.4, 0.5) is 10.5 Å². The molecule has 28 heavy (non-hydrogen) atoms. The van der Waals surface area contributed by atoms with Crippen molar-refractivity contribution < 1.29 is 9.59 Å². The fourth-order valence-corrected chi connectivity index (χ4v) is 3.54. The van der Waals surface area contributed by atoms with Gasteiger partial charge in [0.1, 0.15) is 5.70 Å². The number of carbonyl (C=O) groups is 2. The second kappa shape index (κ2) is 6.98. The second-order valence-corrected chi connectivity index (χ2v) is 6.92. The van der Waals surface area contributed by atoms with Crippen LogP contribution in [0, 0.1) is 13.8 Å². The predicted molar refractivity (Wildman–Crippen MR) is 108 cm³/mol. The van der Waals surface area contributed by atoms with Gasteiger partial charge in [0.15, 0.2) is 0 Å². The summed E-state index contributed by atoms with van der Waals surface area (Å²) in [4.78, 5) is 30.4. The van der Waals surface area contributed by atoms with Crippen LogP contribution in [-0.4, -0.2) is 21.5 Å². The van der Waals surface area contributed by atoms with Gasteiger partial charge < -0.3 is 9.88 Å². The van der Waals surface area contributed by atoms with Crippen LogP contribution in [0.5, 0.6) is 0 Å². The van der Waals surface area contributed by atoms with Crippen LogP contribution >= 0.6 is 11.6 Å². The first-order chi connectivity index (χ1) is 13.5. The molecule has 3 aromatic rings. The molecule has 1 aliphatic heterocycles. The molecule has 0 radical (unpaired) electrons. The Labute approximate surface area is 167 Å². The molecule has 0 spiro atoms. The van der Waals surface area contributed by atoms with Crippen molar-refractivity contribution >= 4 is 35.3 Å². The van der Waals surface area contributed by atoms with Gasteiger partial charge in [0.2, 0.25) is 0 Å². The van der Waals surface area contributed by atoms with Crippen LogP contribution in [0.15, 0.2) is 60.6 Å². The lowest BCUT2D eigenvalue weighted by Crippen LogP contribution is -2.30. The molecule has 1 saturated heterocycles. The van der Waals surface area contributed by atoms with Gasteiger partial charge in [-0.1, -0.05) is 17.7 Å². The van der Waals surface area contributed by atoms with Crippen molar-refractivity contribution in [3.8, 4) is 5.69 Å². The Kier molecular flexibility index (Phi) is 4.49. The van der Waals surface area contributed by atoms with Gasteiger partial charge in [-0.3, -0.25) is 9.78 Å². The average molecular weight is 393 g/mol. The molecule has 0 aliphatic carbocycles. The van der Waals surface area contributed by atoms with E-state index in [0.717, 1.165) is 27.5 Å². The number of imide groups is 1. The first kappa shape index (κ1) is 18.0. The zero-order valence-electron chi connectivity index (χ0n) is 15.3. The zero-order valence-corrected chi connectivity index (χ0v) is 16.1. The summed E-state index contributed by atoms with van der Waals surface area (Å²) in [5.74, 6) is -0.418. The van der Waals surface area contributed by atoms with Crippen LogP contribution < -0.4 is 10.2 Å². The highest BCUT2D eigenvalue weighted by molar-refractivity contribution is 6.32. The fraction of sp³-hybridized carbons (Fsp3) is 0.0952. The van der Waals surface area contributed by atoms with Gasteiger partial charge in [-0.15, -0.1) is 0 Å². The third kappa shape index (κ3) is 3.08. The third-order valence-corrected chi connectivity index (χ3v) is 4.85. The van der Waals surface area contributed by atoms with Crippen molar-refractivity contribution in [1.29, 1.82) is 0 Å². The lowest BCUT2D eigenvalue weighted by molar-refractivity contribution is -0.113. The van der Waals surface area contributed by atoms with Crippen molar-refractivity contribution in [1.82, 2.24) is 14.9 Å². The van der Waals surface area contributed by atoms with Crippen LogP contribution in [0.2, 0.25) is 5.02 Å². The Morgan fingerprint density at radius 1 is 1.07 bits per heavy atom. The molecule has 2 aromatic heterocycles. The third-order valence-electron chi connectivity index (χ3n) is 4.62. The van der Waals surface area contributed by atoms with E-state index in [1.54, 1.807) is 42.7 Å². The number of halogens is 1. The van der Waals surface area contributed by atoms with Gasteiger partial charge in [0, 0.05) is 22.6 Å². The smallest absolute Gasteiger partial charge is 0.316 e. The first-order valence-corrected chi connectivity index (χ1v) is 9.05. The van der Waals surface area contributed by atoms with Crippen molar-refractivity contribution in [2.45, 2.75) is 13.8 Å². The maximum atomic E-state index is 12.8. The number of aromatic nitrogens is 2. The number of nitrogens with one attached hydrogen (secondary N) is 1. The summed E-state index contributed by atoms with van der Waals surface area (Å²) in [6.45, 7) is 3.94. The number of hydrogen-bond donors (Lipinski definition) is 1. The van der Waals surface area contributed by atoms with Gasteiger partial charge in [0.05, 0.1) is 17.6 Å². The monoisotopic (exact) mass is 392 g/mol. The largest absolute Gasteiger partial charge is 0.333 e. The van der Waals surface area contributed by atoms with Crippen molar-refractivity contribution in [2.24, 2.45) is 0 Å². The molecular formula is C21H17ClN4O2. The van der Waals surface area contributed by atoms with E-state index in [-0.39, 0.29) is 5.70 Å². The Hall–Kier alpha value is -3.38. The lowest BCUT2D eigenvalue weighted by atomic mass is 10.2.